The molecule has 0 saturated carbocycles. The summed E-state index contributed by atoms with van der Waals surface area (Å²) in [5.41, 5.74) is 4.71. The summed E-state index contributed by atoms with van der Waals surface area (Å²) in [5.74, 6) is -0.0626. The first-order valence-electron chi connectivity index (χ1n) is 7.43. The fraction of sp³-hybridized carbons (Fsp3) is 0. The van der Waals surface area contributed by atoms with E-state index in [-0.39, 0.29) is 5.69 Å². The summed E-state index contributed by atoms with van der Waals surface area (Å²) in [5, 5.41) is 12.4. The molecule has 0 bridgehead atoms. The first-order valence-corrected chi connectivity index (χ1v) is 7.43. The summed E-state index contributed by atoms with van der Waals surface area (Å²) in [6, 6.07) is 25.1. The van der Waals surface area contributed by atoms with E-state index in [1.54, 1.807) is 18.2 Å². The van der Waals surface area contributed by atoms with Crippen LogP contribution >= 0.6 is 0 Å². The largest absolute Gasteiger partial charge is 0.276 e. The number of nitrogens with one attached hydrogen (secondary N) is 1. The van der Waals surface area contributed by atoms with Gasteiger partial charge < -0.3 is 0 Å². The molecule has 0 aromatic heterocycles. The van der Waals surface area contributed by atoms with Crippen molar-refractivity contribution in [2.45, 2.75) is 0 Å². The Morgan fingerprint density at radius 1 is 0.750 bits per heavy atom. The molecule has 118 valence electrons. The van der Waals surface area contributed by atoms with Crippen molar-refractivity contribution in [3.05, 3.63) is 96.3 Å². The van der Waals surface area contributed by atoms with Gasteiger partial charge in [-0.15, -0.1) is 10.2 Å². The van der Waals surface area contributed by atoms with Crippen molar-refractivity contribution in [1.29, 1.82) is 0 Å². The zero-order valence-corrected chi connectivity index (χ0v) is 12.8. The van der Waals surface area contributed by atoms with E-state index >= 15 is 0 Å². The molecule has 0 fully saturated rings. The molecule has 3 aromatic carbocycles. The van der Waals surface area contributed by atoms with Gasteiger partial charge in [0.25, 0.3) is 0 Å². The number of rotatable bonds is 4. The second-order valence-electron chi connectivity index (χ2n) is 4.93. The van der Waals surface area contributed by atoms with Crippen LogP contribution < -0.4 is 5.43 Å². The van der Waals surface area contributed by atoms with Gasteiger partial charge >= 0.3 is 0 Å². The van der Waals surface area contributed by atoms with Gasteiger partial charge in [0.2, 0.25) is 5.84 Å². The number of azo groups is 1. The molecule has 24 heavy (non-hydrogen) atoms. The topological polar surface area (TPSA) is 49.1 Å². The Morgan fingerprint density at radius 3 is 2.08 bits per heavy atom. The number of nitrogens with zero attached hydrogens (tertiary/aromatic N) is 3. The van der Waals surface area contributed by atoms with Gasteiger partial charge in [-0.1, -0.05) is 60.7 Å². The van der Waals surface area contributed by atoms with Crippen LogP contribution in [0.4, 0.5) is 15.8 Å². The number of halogens is 1. The van der Waals surface area contributed by atoms with Crippen molar-refractivity contribution in [3.8, 4) is 0 Å². The minimum absolute atomic E-state index is 0.167. The van der Waals surface area contributed by atoms with E-state index in [1.165, 1.54) is 6.07 Å². The minimum Gasteiger partial charge on any atom is -0.276 e. The number of anilines is 1. The van der Waals surface area contributed by atoms with E-state index < -0.39 is 5.82 Å². The van der Waals surface area contributed by atoms with Gasteiger partial charge in [-0.25, -0.2) is 4.39 Å². The lowest BCUT2D eigenvalue weighted by Crippen LogP contribution is -2.01. The molecule has 4 nitrogen and oxygen atoms in total. The highest BCUT2D eigenvalue weighted by molar-refractivity contribution is 5.99. The monoisotopic (exact) mass is 318 g/mol. The Hall–Kier alpha value is -3.34. The Balaban J connectivity index is 1.89. The van der Waals surface area contributed by atoms with Gasteiger partial charge in [0.05, 0.1) is 5.69 Å². The normalized spacial score (nSPS) is 11.6. The molecule has 0 aliphatic carbocycles. The van der Waals surface area contributed by atoms with Crippen LogP contribution in [0, 0.1) is 5.82 Å². The maximum atomic E-state index is 13.7. The maximum Gasteiger partial charge on any atom is 0.201 e. The van der Waals surface area contributed by atoms with Crippen LogP contribution in [0.5, 0.6) is 0 Å². The van der Waals surface area contributed by atoms with Crippen molar-refractivity contribution in [2.24, 2.45) is 15.3 Å². The molecule has 0 aliphatic rings. The summed E-state index contributed by atoms with van der Waals surface area (Å²) in [6.45, 7) is 0. The van der Waals surface area contributed by atoms with Gasteiger partial charge in [0.1, 0.15) is 5.69 Å². The van der Waals surface area contributed by atoms with Gasteiger partial charge in [-0.05, 0) is 24.3 Å². The molecular formula is C19H15FN4. The van der Waals surface area contributed by atoms with Crippen molar-refractivity contribution in [2.75, 3.05) is 5.43 Å². The third-order valence-electron chi connectivity index (χ3n) is 3.20. The number of hydrogen-bond donors (Lipinski definition) is 1. The van der Waals surface area contributed by atoms with Crippen LogP contribution in [0.25, 0.3) is 0 Å². The molecule has 0 atom stereocenters. The molecule has 0 radical (unpaired) electrons. The van der Waals surface area contributed by atoms with Crippen LogP contribution in [0.3, 0.4) is 0 Å². The molecule has 5 heteroatoms. The Kier molecular flexibility index (Phi) is 5.04. The standard InChI is InChI=1S/C19H15FN4/c20-17-13-7-8-14-18(17)22-24-19(15-9-3-1-4-10-15)23-21-16-11-5-2-6-12-16/h1-14,21H/b23-19-,24-22?. The van der Waals surface area contributed by atoms with E-state index in [1.807, 2.05) is 60.7 Å². The quantitative estimate of drug-likeness (QED) is 0.298. The zero-order chi connectivity index (χ0) is 16.6. The third kappa shape index (κ3) is 4.10. The number of para-hydroxylation sites is 1. The summed E-state index contributed by atoms with van der Waals surface area (Å²) < 4.78 is 13.7. The second-order valence-corrected chi connectivity index (χ2v) is 4.93. The lowest BCUT2D eigenvalue weighted by molar-refractivity contribution is 0.628. The molecule has 0 heterocycles. The molecule has 0 unspecified atom stereocenters. The van der Waals surface area contributed by atoms with Gasteiger partial charge in [-0.3, -0.25) is 5.43 Å². The lowest BCUT2D eigenvalue weighted by Gasteiger charge is -2.03. The first-order chi connectivity index (χ1) is 11.8. The Labute approximate surface area is 139 Å². The molecule has 3 rings (SSSR count). The van der Waals surface area contributed by atoms with Crippen LogP contribution in [0.15, 0.2) is 100 Å². The molecule has 0 spiro atoms. The first kappa shape index (κ1) is 15.6. The highest BCUT2D eigenvalue weighted by atomic mass is 19.1. The van der Waals surface area contributed by atoms with Gasteiger partial charge in [0, 0.05) is 5.56 Å². The van der Waals surface area contributed by atoms with Crippen molar-refractivity contribution >= 4 is 17.2 Å². The highest BCUT2D eigenvalue weighted by Gasteiger charge is 2.04. The lowest BCUT2D eigenvalue weighted by atomic mass is 10.2. The molecule has 1 N–H and O–H groups in total. The predicted molar refractivity (Wildman–Crippen MR) is 94.0 cm³/mol. The third-order valence-corrected chi connectivity index (χ3v) is 3.20. The highest BCUT2D eigenvalue weighted by Crippen LogP contribution is 2.17. The number of amidine groups is 1. The van der Waals surface area contributed by atoms with Gasteiger partial charge in [-0.2, -0.15) is 5.10 Å². The fourth-order valence-electron chi connectivity index (χ4n) is 2.00. The summed E-state index contributed by atoms with van der Waals surface area (Å²) in [4.78, 5) is 0. The Morgan fingerprint density at radius 2 is 1.38 bits per heavy atom. The summed E-state index contributed by atoms with van der Waals surface area (Å²) in [7, 11) is 0. The zero-order valence-electron chi connectivity index (χ0n) is 12.8. The fourth-order valence-corrected chi connectivity index (χ4v) is 2.00. The molecule has 0 aliphatic heterocycles. The smallest absolute Gasteiger partial charge is 0.201 e. The van der Waals surface area contributed by atoms with Crippen molar-refractivity contribution in [1.82, 2.24) is 0 Å². The van der Waals surface area contributed by atoms with Crippen LogP contribution in [-0.4, -0.2) is 5.84 Å². The summed E-state index contributed by atoms with van der Waals surface area (Å²) in [6.07, 6.45) is 0. The summed E-state index contributed by atoms with van der Waals surface area (Å²) >= 11 is 0. The average Bonchev–Trinajstić information content (AvgIpc) is 2.65. The van der Waals surface area contributed by atoms with Crippen LogP contribution in [-0.2, 0) is 0 Å². The van der Waals surface area contributed by atoms with E-state index in [4.69, 9.17) is 0 Å². The minimum atomic E-state index is -0.426. The SMILES string of the molecule is Fc1ccccc1N=N/C(=N\Nc1ccccc1)c1ccccc1. The second kappa shape index (κ2) is 7.78. The maximum absolute atomic E-state index is 13.7. The van der Waals surface area contributed by atoms with Crippen LogP contribution in [0.2, 0.25) is 0 Å². The van der Waals surface area contributed by atoms with E-state index in [2.05, 4.69) is 20.8 Å². The molecule has 3 aromatic rings. The van der Waals surface area contributed by atoms with E-state index in [0.717, 1.165) is 11.3 Å². The van der Waals surface area contributed by atoms with Gasteiger partial charge in [0.15, 0.2) is 5.82 Å². The average molecular weight is 318 g/mol. The van der Waals surface area contributed by atoms with E-state index in [0.29, 0.717) is 5.84 Å². The molecular weight excluding hydrogens is 303 g/mol. The number of benzene rings is 3. The predicted octanol–water partition coefficient (Wildman–Crippen LogP) is 5.38. The van der Waals surface area contributed by atoms with E-state index in [9.17, 15) is 4.39 Å². The van der Waals surface area contributed by atoms with Crippen molar-refractivity contribution in [3.63, 3.8) is 0 Å². The molecule has 0 amide bonds. The Bertz CT molecular complexity index is 846. The number of hydrogen-bond acceptors (Lipinski definition) is 3. The molecule has 0 saturated heterocycles. The van der Waals surface area contributed by atoms with Crippen LogP contribution in [0.1, 0.15) is 5.56 Å². The number of hydrazone groups is 1. The van der Waals surface area contributed by atoms with Crippen molar-refractivity contribution < 1.29 is 4.39 Å².